The fourth-order valence-corrected chi connectivity index (χ4v) is 3.17. The van der Waals surface area contributed by atoms with Crippen molar-refractivity contribution in [1.82, 2.24) is 9.97 Å². The van der Waals surface area contributed by atoms with Crippen LogP contribution in [0.5, 0.6) is 11.5 Å². The number of hydrogen-bond acceptors (Lipinski definition) is 4. The minimum Gasteiger partial charge on any atom is -0.508 e. The van der Waals surface area contributed by atoms with Crippen LogP contribution in [0.2, 0.25) is 0 Å². The zero-order valence-corrected chi connectivity index (χ0v) is 15.7. The third-order valence-corrected chi connectivity index (χ3v) is 4.64. The quantitative estimate of drug-likeness (QED) is 0.549. The van der Waals surface area contributed by atoms with Crippen molar-refractivity contribution in [2.45, 2.75) is 10.7 Å². The summed E-state index contributed by atoms with van der Waals surface area (Å²) in [5.74, 6) is 0.432. The van der Waals surface area contributed by atoms with Gasteiger partial charge in [-0.05, 0) is 48.5 Å². The minimum absolute atomic E-state index is 0.216. The van der Waals surface area contributed by atoms with E-state index in [2.05, 4.69) is 31.9 Å². The van der Waals surface area contributed by atoms with Gasteiger partial charge in [-0.25, -0.2) is 9.97 Å². The minimum atomic E-state index is 0.216. The number of rotatable bonds is 4. The van der Waals surface area contributed by atoms with Crippen LogP contribution in [0, 0.1) is 0 Å². The van der Waals surface area contributed by atoms with Gasteiger partial charge in [0, 0.05) is 21.8 Å². The highest BCUT2D eigenvalue weighted by molar-refractivity contribution is 9.08. The molecule has 0 bridgehead atoms. The Morgan fingerprint density at radius 2 is 0.958 bits per heavy atom. The van der Waals surface area contributed by atoms with Crippen LogP contribution in [0.1, 0.15) is 11.4 Å². The van der Waals surface area contributed by atoms with Crippen LogP contribution >= 0.6 is 31.9 Å². The highest BCUT2D eigenvalue weighted by atomic mass is 79.9. The van der Waals surface area contributed by atoms with Gasteiger partial charge in [0.2, 0.25) is 0 Å². The molecule has 0 aliphatic heterocycles. The summed E-state index contributed by atoms with van der Waals surface area (Å²) in [5, 5.41) is 20.1. The van der Waals surface area contributed by atoms with Crippen LogP contribution in [0.3, 0.4) is 0 Å². The summed E-state index contributed by atoms with van der Waals surface area (Å²) in [4.78, 5) is 9.55. The zero-order valence-electron chi connectivity index (χ0n) is 12.6. The van der Waals surface area contributed by atoms with Crippen molar-refractivity contribution in [2.75, 3.05) is 0 Å². The molecule has 0 aliphatic carbocycles. The molecule has 1 aromatic heterocycles. The Kier molecular flexibility index (Phi) is 5.16. The monoisotopic (exact) mass is 448 g/mol. The first-order valence-electron chi connectivity index (χ1n) is 7.23. The summed E-state index contributed by atoms with van der Waals surface area (Å²) in [5.41, 5.74) is 4.98. The predicted octanol–water partition coefficient (Wildman–Crippen LogP) is 5.01. The van der Waals surface area contributed by atoms with Gasteiger partial charge in [-0.2, -0.15) is 0 Å². The summed E-state index contributed by atoms with van der Waals surface area (Å²) >= 11 is 6.96. The first-order valence-corrected chi connectivity index (χ1v) is 9.47. The van der Waals surface area contributed by atoms with Crippen molar-refractivity contribution in [3.63, 3.8) is 0 Å². The van der Waals surface area contributed by atoms with E-state index in [1.807, 2.05) is 24.3 Å². The van der Waals surface area contributed by atoms with E-state index in [0.717, 1.165) is 33.9 Å². The molecule has 2 N–H and O–H groups in total. The topological polar surface area (TPSA) is 66.2 Å². The summed E-state index contributed by atoms with van der Waals surface area (Å²) in [7, 11) is 0. The number of phenolic OH excluding ortho intramolecular Hbond substituents is 2. The predicted molar refractivity (Wildman–Crippen MR) is 101 cm³/mol. The number of alkyl halides is 2. The van der Waals surface area contributed by atoms with Crippen LogP contribution in [-0.2, 0) is 10.7 Å². The Hall–Kier alpha value is -1.92. The number of phenols is 2. The Morgan fingerprint density at radius 1 is 0.625 bits per heavy atom. The van der Waals surface area contributed by atoms with E-state index >= 15 is 0 Å². The van der Waals surface area contributed by atoms with E-state index in [-0.39, 0.29) is 11.5 Å². The highest BCUT2D eigenvalue weighted by Crippen LogP contribution is 2.30. The van der Waals surface area contributed by atoms with Gasteiger partial charge in [-0.1, -0.05) is 31.9 Å². The first kappa shape index (κ1) is 16.9. The van der Waals surface area contributed by atoms with E-state index in [1.165, 1.54) is 0 Å². The molecule has 0 saturated carbocycles. The van der Waals surface area contributed by atoms with Crippen molar-refractivity contribution in [3.05, 3.63) is 59.9 Å². The fourth-order valence-electron chi connectivity index (χ4n) is 2.39. The lowest BCUT2D eigenvalue weighted by Gasteiger charge is -2.13. The third kappa shape index (κ3) is 3.44. The molecule has 0 saturated heterocycles. The number of nitrogens with zero attached hydrogens (tertiary/aromatic N) is 2. The molecular formula is C18H14Br2N2O2. The molecule has 1 heterocycles. The SMILES string of the molecule is Oc1ccc(-c2nc(CBr)c(-c3ccc(O)cc3)nc2CBr)cc1. The molecule has 122 valence electrons. The Balaban J connectivity index is 2.16. The summed E-state index contributed by atoms with van der Waals surface area (Å²) in [6.45, 7) is 0. The number of hydrogen-bond donors (Lipinski definition) is 2. The van der Waals surface area contributed by atoms with Crippen molar-refractivity contribution >= 4 is 31.9 Å². The molecule has 0 atom stereocenters. The lowest BCUT2D eigenvalue weighted by atomic mass is 10.1. The molecule has 0 fully saturated rings. The average Bonchev–Trinajstić information content (AvgIpc) is 2.62. The van der Waals surface area contributed by atoms with E-state index < -0.39 is 0 Å². The second kappa shape index (κ2) is 7.32. The number of aromatic nitrogens is 2. The molecule has 2 aromatic carbocycles. The number of benzene rings is 2. The lowest BCUT2D eigenvalue weighted by Crippen LogP contribution is -2.03. The second-order valence-corrected chi connectivity index (χ2v) is 6.30. The summed E-state index contributed by atoms with van der Waals surface area (Å²) in [6, 6.07) is 13.8. The van der Waals surface area contributed by atoms with Gasteiger partial charge in [-0.3, -0.25) is 0 Å². The zero-order chi connectivity index (χ0) is 17.1. The molecule has 24 heavy (non-hydrogen) atoms. The van der Waals surface area contributed by atoms with E-state index in [1.54, 1.807) is 24.3 Å². The Labute approximate surface area is 156 Å². The van der Waals surface area contributed by atoms with Crippen LogP contribution in [0.15, 0.2) is 48.5 Å². The molecule has 6 heteroatoms. The average molecular weight is 450 g/mol. The van der Waals surface area contributed by atoms with Crippen LogP contribution in [0.25, 0.3) is 22.5 Å². The van der Waals surface area contributed by atoms with Gasteiger partial charge in [-0.15, -0.1) is 0 Å². The Morgan fingerprint density at radius 3 is 1.25 bits per heavy atom. The maximum absolute atomic E-state index is 9.47. The van der Waals surface area contributed by atoms with Crippen molar-refractivity contribution < 1.29 is 10.2 Å². The molecule has 3 rings (SSSR count). The van der Waals surface area contributed by atoms with Gasteiger partial charge < -0.3 is 10.2 Å². The number of aromatic hydroxyl groups is 2. The molecule has 0 spiro atoms. The van der Waals surface area contributed by atoms with E-state index in [9.17, 15) is 10.2 Å². The summed E-state index contributed by atoms with van der Waals surface area (Å²) in [6.07, 6.45) is 0. The summed E-state index contributed by atoms with van der Waals surface area (Å²) < 4.78 is 0. The van der Waals surface area contributed by atoms with Gasteiger partial charge in [0.25, 0.3) is 0 Å². The standard InChI is InChI=1S/C18H14Br2N2O2/c19-9-15-17(11-1-5-13(23)6-2-11)21-16(10-20)18(22-15)12-3-7-14(24)8-4-12/h1-8,23-24H,9-10H2. The van der Waals surface area contributed by atoms with Crippen LogP contribution in [0.4, 0.5) is 0 Å². The molecule has 0 unspecified atom stereocenters. The van der Waals surface area contributed by atoms with Gasteiger partial charge >= 0.3 is 0 Å². The Bertz CT molecular complexity index is 777. The largest absolute Gasteiger partial charge is 0.508 e. The fraction of sp³-hybridized carbons (Fsp3) is 0.111. The highest BCUT2D eigenvalue weighted by Gasteiger charge is 2.15. The molecule has 4 nitrogen and oxygen atoms in total. The lowest BCUT2D eigenvalue weighted by molar-refractivity contribution is 0.475. The van der Waals surface area contributed by atoms with Crippen molar-refractivity contribution in [2.24, 2.45) is 0 Å². The molecular weight excluding hydrogens is 436 g/mol. The maximum atomic E-state index is 9.47. The molecule has 0 amide bonds. The van der Waals surface area contributed by atoms with Crippen LogP contribution in [-0.4, -0.2) is 20.2 Å². The first-order chi connectivity index (χ1) is 11.6. The third-order valence-electron chi connectivity index (χ3n) is 3.57. The molecule has 0 aliphatic rings. The van der Waals surface area contributed by atoms with Gasteiger partial charge in [0.05, 0.1) is 22.8 Å². The van der Waals surface area contributed by atoms with E-state index in [4.69, 9.17) is 9.97 Å². The molecule has 0 radical (unpaired) electrons. The van der Waals surface area contributed by atoms with Crippen molar-refractivity contribution in [3.8, 4) is 34.0 Å². The normalized spacial score (nSPS) is 10.8. The second-order valence-electron chi connectivity index (χ2n) is 5.18. The van der Waals surface area contributed by atoms with Crippen molar-refractivity contribution in [1.29, 1.82) is 0 Å². The van der Waals surface area contributed by atoms with E-state index in [0.29, 0.717) is 10.7 Å². The van der Waals surface area contributed by atoms with Gasteiger partial charge in [0.1, 0.15) is 11.5 Å². The number of halogens is 2. The van der Waals surface area contributed by atoms with Crippen LogP contribution < -0.4 is 0 Å². The van der Waals surface area contributed by atoms with Gasteiger partial charge in [0.15, 0.2) is 0 Å². The maximum Gasteiger partial charge on any atom is 0.115 e. The smallest absolute Gasteiger partial charge is 0.115 e. The molecule has 3 aromatic rings.